The molecule has 3 rings (SSSR count). The summed E-state index contributed by atoms with van der Waals surface area (Å²) in [6.45, 7) is -0.956. The van der Waals surface area contributed by atoms with Crippen molar-refractivity contribution in [3.05, 3.63) is 58.2 Å². The molecule has 0 bridgehead atoms. The number of rotatable bonds is 5. The summed E-state index contributed by atoms with van der Waals surface area (Å²) >= 11 is 0. The zero-order chi connectivity index (χ0) is 18.2. The van der Waals surface area contributed by atoms with Crippen LogP contribution in [0.25, 0.3) is 0 Å². The molecule has 1 heterocycles. The number of allylic oxidation sites excluding steroid dienone is 3. The molecule has 0 amide bonds. The predicted molar refractivity (Wildman–Crippen MR) is 84.0 cm³/mol. The summed E-state index contributed by atoms with van der Waals surface area (Å²) in [5.41, 5.74) is -0.502. The van der Waals surface area contributed by atoms with Gasteiger partial charge < -0.3 is 19.7 Å². The second-order valence-corrected chi connectivity index (χ2v) is 5.92. The quantitative estimate of drug-likeness (QED) is 0.348. The number of cyclic esters (lactones) is 2. The number of carbonyl (C=O) groups is 4. The van der Waals surface area contributed by atoms with Crippen molar-refractivity contribution in [1.82, 2.24) is 0 Å². The highest BCUT2D eigenvalue weighted by Crippen LogP contribution is 2.37. The Morgan fingerprint density at radius 3 is 2.52 bits per heavy atom. The lowest BCUT2D eigenvalue weighted by Gasteiger charge is -2.31. The van der Waals surface area contributed by atoms with Crippen molar-refractivity contribution in [3.8, 4) is 0 Å². The first-order chi connectivity index (χ1) is 12.0. The number of carbonyl (C=O) groups excluding carboxylic acids is 4. The second kappa shape index (κ2) is 6.19. The summed E-state index contributed by atoms with van der Waals surface area (Å²) in [6.07, 6.45) is 3.36. The smallest absolute Gasteiger partial charge is 0.346 e. The van der Waals surface area contributed by atoms with Crippen LogP contribution in [-0.4, -0.2) is 47.4 Å². The van der Waals surface area contributed by atoms with Crippen LogP contribution in [0.4, 0.5) is 0 Å². The molecule has 0 aromatic heterocycles. The molecule has 0 spiro atoms. The van der Waals surface area contributed by atoms with E-state index < -0.39 is 36.4 Å². The maximum absolute atomic E-state index is 12.7. The van der Waals surface area contributed by atoms with E-state index in [1.165, 1.54) is 30.4 Å². The number of fused-ring (bicyclic) bond motifs is 1. The monoisotopic (exact) mass is 342 g/mol. The Labute approximate surface area is 142 Å². The van der Waals surface area contributed by atoms with Crippen molar-refractivity contribution >= 4 is 24.0 Å². The SMILES string of the molecule is O=CC1(CO)CC(C(=O)c2ccc3c(c2)C(=O)OC3=O)=CC=C1CO. The molecule has 0 radical (unpaired) electrons. The third-order valence-corrected chi connectivity index (χ3v) is 4.51. The molecule has 1 aliphatic carbocycles. The molecule has 1 aromatic rings. The van der Waals surface area contributed by atoms with Crippen LogP contribution in [0.1, 0.15) is 37.5 Å². The largest absolute Gasteiger partial charge is 0.395 e. The molecule has 25 heavy (non-hydrogen) atoms. The van der Waals surface area contributed by atoms with E-state index >= 15 is 0 Å². The van der Waals surface area contributed by atoms with Crippen molar-refractivity contribution in [2.75, 3.05) is 13.2 Å². The molecule has 1 unspecified atom stereocenters. The van der Waals surface area contributed by atoms with E-state index in [-0.39, 0.29) is 28.7 Å². The van der Waals surface area contributed by atoms with Gasteiger partial charge in [-0.05, 0) is 24.1 Å². The van der Waals surface area contributed by atoms with Crippen molar-refractivity contribution in [3.63, 3.8) is 0 Å². The van der Waals surface area contributed by atoms with Crippen LogP contribution >= 0.6 is 0 Å². The highest BCUT2D eigenvalue weighted by molar-refractivity contribution is 6.17. The lowest BCUT2D eigenvalue weighted by atomic mass is 9.72. The molecule has 0 saturated heterocycles. The summed E-state index contributed by atoms with van der Waals surface area (Å²) in [5.74, 6) is -2.01. The predicted octanol–water partition coefficient (Wildman–Crippen LogP) is 0.606. The van der Waals surface area contributed by atoms with Crippen LogP contribution in [0.2, 0.25) is 0 Å². The van der Waals surface area contributed by atoms with Crippen LogP contribution in [0.15, 0.2) is 41.5 Å². The Morgan fingerprint density at radius 1 is 1.16 bits per heavy atom. The molecule has 0 fully saturated rings. The summed E-state index contributed by atoms with van der Waals surface area (Å²) in [6, 6.07) is 4.01. The molecule has 1 aromatic carbocycles. The topological polar surface area (TPSA) is 118 Å². The number of ether oxygens (including phenoxy) is 1. The van der Waals surface area contributed by atoms with Gasteiger partial charge >= 0.3 is 11.9 Å². The van der Waals surface area contributed by atoms with Gasteiger partial charge in [0.2, 0.25) is 0 Å². The van der Waals surface area contributed by atoms with Crippen LogP contribution < -0.4 is 0 Å². The van der Waals surface area contributed by atoms with Gasteiger partial charge in [-0.15, -0.1) is 0 Å². The van der Waals surface area contributed by atoms with E-state index in [4.69, 9.17) is 0 Å². The summed E-state index contributed by atoms with van der Waals surface area (Å²) in [7, 11) is 0. The highest BCUT2D eigenvalue weighted by Gasteiger charge is 2.38. The van der Waals surface area contributed by atoms with Crippen molar-refractivity contribution in [2.45, 2.75) is 6.42 Å². The molecule has 1 atom stereocenters. The fourth-order valence-corrected chi connectivity index (χ4v) is 2.97. The standard InChI is InChI=1S/C18H14O7/c19-7-12-3-1-11(6-18(12,8-20)9-21)15(22)10-2-4-13-14(5-10)17(24)25-16(13)23/h1-5,8,19,21H,6-7,9H2. The van der Waals surface area contributed by atoms with Crippen LogP contribution in [0.5, 0.6) is 0 Å². The first-order valence-electron chi connectivity index (χ1n) is 7.49. The number of hydrogen-bond donors (Lipinski definition) is 2. The molecule has 7 heteroatoms. The van der Waals surface area contributed by atoms with Gasteiger partial charge in [0.15, 0.2) is 5.78 Å². The summed E-state index contributed by atoms with van der Waals surface area (Å²) in [4.78, 5) is 47.3. The number of ketones is 1. The van der Waals surface area contributed by atoms with Crippen molar-refractivity contribution < 1.29 is 34.1 Å². The third-order valence-electron chi connectivity index (χ3n) is 4.51. The minimum absolute atomic E-state index is 0.0163. The maximum Gasteiger partial charge on any atom is 0.346 e. The van der Waals surface area contributed by atoms with Crippen molar-refractivity contribution in [1.29, 1.82) is 0 Å². The number of Topliss-reactive ketones (excluding diaryl/α,β-unsaturated/α-hetero) is 1. The number of hydrogen-bond acceptors (Lipinski definition) is 7. The average molecular weight is 342 g/mol. The Balaban J connectivity index is 1.97. The third kappa shape index (κ3) is 2.63. The number of aldehydes is 1. The van der Waals surface area contributed by atoms with Gasteiger partial charge in [-0.25, -0.2) is 9.59 Å². The van der Waals surface area contributed by atoms with Gasteiger partial charge in [0.25, 0.3) is 0 Å². The van der Waals surface area contributed by atoms with Gasteiger partial charge in [-0.3, -0.25) is 4.79 Å². The average Bonchev–Trinajstić information content (AvgIpc) is 2.93. The Hall–Kier alpha value is -2.90. The number of aliphatic hydroxyl groups excluding tert-OH is 2. The molecular weight excluding hydrogens is 328 g/mol. The van der Waals surface area contributed by atoms with Crippen LogP contribution in [-0.2, 0) is 9.53 Å². The van der Waals surface area contributed by atoms with Gasteiger partial charge in [0.1, 0.15) is 6.29 Å². The van der Waals surface area contributed by atoms with E-state index in [0.29, 0.717) is 11.9 Å². The molecule has 7 nitrogen and oxygen atoms in total. The molecule has 2 N–H and O–H groups in total. The number of aliphatic hydroxyl groups is 2. The lowest BCUT2D eigenvalue weighted by Crippen LogP contribution is -2.34. The van der Waals surface area contributed by atoms with E-state index in [2.05, 4.69) is 4.74 Å². The van der Waals surface area contributed by atoms with Gasteiger partial charge in [-0.1, -0.05) is 18.2 Å². The van der Waals surface area contributed by atoms with E-state index in [9.17, 15) is 29.4 Å². The normalized spacial score (nSPS) is 22.0. The second-order valence-electron chi connectivity index (χ2n) is 5.92. The molecule has 2 aliphatic rings. The zero-order valence-electron chi connectivity index (χ0n) is 13.0. The minimum Gasteiger partial charge on any atom is -0.395 e. The van der Waals surface area contributed by atoms with E-state index in [0.717, 1.165) is 0 Å². The number of benzene rings is 1. The maximum atomic E-state index is 12.7. The van der Waals surface area contributed by atoms with Crippen molar-refractivity contribution in [2.24, 2.45) is 5.41 Å². The van der Waals surface area contributed by atoms with Crippen LogP contribution in [0.3, 0.4) is 0 Å². The summed E-state index contributed by atoms with van der Waals surface area (Å²) in [5, 5.41) is 18.9. The molecule has 128 valence electrons. The Bertz CT molecular complexity index is 862. The minimum atomic E-state index is -1.35. The molecule has 1 aliphatic heterocycles. The first kappa shape index (κ1) is 16.9. The van der Waals surface area contributed by atoms with Gasteiger partial charge in [0, 0.05) is 11.1 Å². The fourth-order valence-electron chi connectivity index (χ4n) is 2.97. The van der Waals surface area contributed by atoms with E-state index in [1.54, 1.807) is 0 Å². The first-order valence-corrected chi connectivity index (χ1v) is 7.49. The van der Waals surface area contributed by atoms with Gasteiger partial charge in [0.05, 0.1) is 29.8 Å². The number of esters is 2. The lowest BCUT2D eigenvalue weighted by molar-refractivity contribution is -0.116. The fraction of sp³-hybridized carbons (Fsp3) is 0.222. The highest BCUT2D eigenvalue weighted by atomic mass is 16.6. The van der Waals surface area contributed by atoms with Crippen LogP contribution in [0, 0.1) is 5.41 Å². The zero-order valence-corrected chi connectivity index (χ0v) is 13.0. The molecule has 0 saturated carbocycles. The van der Waals surface area contributed by atoms with Gasteiger partial charge in [-0.2, -0.15) is 0 Å². The van der Waals surface area contributed by atoms with E-state index in [1.807, 2.05) is 0 Å². The Kier molecular flexibility index (Phi) is 4.20. The Morgan fingerprint density at radius 2 is 1.88 bits per heavy atom. The molecular formula is C18H14O7. The summed E-state index contributed by atoms with van der Waals surface area (Å²) < 4.78 is 4.49.